The lowest BCUT2D eigenvalue weighted by Crippen LogP contribution is -2.47. The summed E-state index contributed by atoms with van der Waals surface area (Å²) in [6, 6.07) is 0. The minimum Gasteiger partial charge on any atom is -0.396 e. The van der Waals surface area contributed by atoms with E-state index >= 15 is 0 Å². The van der Waals surface area contributed by atoms with Crippen LogP contribution in [0.1, 0.15) is 20.1 Å². The Morgan fingerprint density at radius 3 is 2.77 bits per heavy atom. The third kappa shape index (κ3) is 2.57. The molecule has 22 heavy (non-hydrogen) atoms. The second-order valence-corrected chi connectivity index (χ2v) is 5.07. The van der Waals surface area contributed by atoms with Gasteiger partial charge >= 0.3 is 11.4 Å². The summed E-state index contributed by atoms with van der Waals surface area (Å²) in [6.45, 7) is 2.40. The Kier molecular flexibility index (Phi) is 4.48. The molecule has 0 aromatic carbocycles. The van der Waals surface area contributed by atoms with Crippen molar-refractivity contribution in [1.82, 2.24) is 14.5 Å². The van der Waals surface area contributed by atoms with Crippen molar-refractivity contribution in [3.05, 3.63) is 27.3 Å². The van der Waals surface area contributed by atoms with Crippen molar-refractivity contribution in [2.45, 2.75) is 37.9 Å². The number of hydrogen-bond donors (Lipinski definition) is 4. The first-order valence-electron chi connectivity index (χ1n) is 6.63. The first-order valence-corrected chi connectivity index (χ1v) is 6.63. The molecule has 2 heterocycles. The molecule has 5 atom stereocenters. The smallest absolute Gasteiger partial charge is 0.350 e. The molecule has 120 valence electrons. The van der Waals surface area contributed by atoms with Crippen LogP contribution in [0.4, 0.5) is 0 Å². The molecule has 1 aromatic heterocycles. The first-order chi connectivity index (χ1) is 10.3. The number of nitrogens with one attached hydrogen (secondary N) is 1. The molecule has 1 aliphatic heterocycles. The summed E-state index contributed by atoms with van der Waals surface area (Å²) in [6.07, 6.45) is -2.36. The van der Waals surface area contributed by atoms with Gasteiger partial charge in [0, 0.05) is 0 Å². The maximum Gasteiger partial charge on any atom is 0.350 e. The molecule has 0 saturated carbocycles. The number of ether oxygens (including phenoxy) is 1. The monoisotopic (exact) mass is 311 g/mol. The largest absolute Gasteiger partial charge is 0.396 e. The van der Waals surface area contributed by atoms with Crippen LogP contribution in [-0.4, -0.2) is 54.3 Å². The van der Waals surface area contributed by atoms with Crippen molar-refractivity contribution in [2.24, 2.45) is 5.92 Å². The highest BCUT2D eigenvalue weighted by Crippen LogP contribution is 2.42. The van der Waals surface area contributed by atoms with Gasteiger partial charge in [0.1, 0.15) is 6.33 Å². The van der Waals surface area contributed by atoms with Crippen LogP contribution in [0, 0.1) is 17.8 Å². The summed E-state index contributed by atoms with van der Waals surface area (Å²) in [4.78, 5) is 28.3. The number of aliphatic hydroxyl groups is 3. The number of aromatic nitrogens is 3. The van der Waals surface area contributed by atoms with Crippen molar-refractivity contribution >= 4 is 0 Å². The Bertz CT molecular complexity index is 715. The van der Waals surface area contributed by atoms with Crippen molar-refractivity contribution in [1.29, 1.82) is 0 Å². The summed E-state index contributed by atoms with van der Waals surface area (Å²) in [5.41, 5.74) is -3.60. The molecule has 0 bridgehead atoms. The molecule has 1 aromatic rings. The summed E-state index contributed by atoms with van der Waals surface area (Å²) in [5, 5.41) is 30.1. The molecule has 2 rings (SSSR count). The number of aromatic amines is 1. The van der Waals surface area contributed by atoms with Gasteiger partial charge in [-0.3, -0.25) is 9.55 Å². The molecule has 1 saturated heterocycles. The summed E-state index contributed by atoms with van der Waals surface area (Å²) < 4.78 is 6.41. The fourth-order valence-corrected chi connectivity index (χ4v) is 2.63. The molecular weight excluding hydrogens is 294 g/mol. The summed E-state index contributed by atoms with van der Waals surface area (Å²) >= 11 is 0. The van der Waals surface area contributed by atoms with Crippen LogP contribution < -0.4 is 11.4 Å². The predicted octanol–water partition coefficient (Wildman–Crippen LogP) is -2.43. The van der Waals surface area contributed by atoms with E-state index in [1.165, 1.54) is 13.8 Å². The highest BCUT2D eigenvalue weighted by molar-refractivity contribution is 5.21. The van der Waals surface area contributed by atoms with Gasteiger partial charge in [-0.15, -0.1) is 5.92 Å². The number of hydrogen-bond acceptors (Lipinski definition) is 7. The van der Waals surface area contributed by atoms with Crippen LogP contribution in [0.2, 0.25) is 0 Å². The lowest BCUT2D eigenvalue weighted by Gasteiger charge is -2.28. The number of H-pyrrole nitrogens is 1. The molecule has 2 unspecified atom stereocenters. The summed E-state index contributed by atoms with van der Waals surface area (Å²) in [5.74, 6) is 4.11. The van der Waals surface area contributed by atoms with E-state index in [0.29, 0.717) is 0 Å². The zero-order valence-electron chi connectivity index (χ0n) is 12.1. The second-order valence-electron chi connectivity index (χ2n) is 5.07. The second kappa shape index (κ2) is 6.02. The van der Waals surface area contributed by atoms with E-state index in [9.17, 15) is 24.9 Å². The van der Waals surface area contributed by atoms with Crippen molar-refractivity contribution in [2.75, 3.05) is 6.61 Å². The molecule has 4 N–H and O–H groups in total. The fourth-order valence-electron chi connectivity index (χ4n) is 2.63. The Balaban J connectivity index is 2.59. The van der Waals surface area contributed by atoms with Gasteiger partial charge in [0.2, 0.25) is 0 Å². The SMILES string of the molecule is CC#CC1(O)C(CO)[C@@H]([C@H](C)O)O[C@H]1n1cnc(=O)[nH]c1=O. The lowest BCUT2D eigenvalue weighted by molar-refractivity contribution is -0.0888. The average Bonchev–Trinajstić information content (AvgIpc) is 2.72. The van der Waals surface area contributed by atoms with E-state index in [2.05, 4.69) is 16.8 Å². The Labute approximate surface area is 125 Å². The van der Waals surface area contributed by atoms with Gasteiger partial charge in [-0.2, -0.15) is 4.98 Å². The zero-order valence-corrected chi connectivity index (χ0v) is 12.1. The predicted molar refractivity (Wildman–Crippen MR) is 73.7 cm³/mol. The van der Waals surface area contributed by atoms with Gasteiger partial charge in [0.05, 0.1) is 24.7 Å². The minimum absolute atomic E-state index is 0.511. The molecule has 9 nitrogen and oxygen atoms in total. The maximum absolute atomic E-state index is 11.9. The topological polar surface area (TPSA) is 138 Å². The average molecular weight is 311 g/mol. The number of rotatable bonds is 3. The quantitative estimate of drug-likeness (QED) is 0.455. The van der Waals surface area contributed by atoms with Gasteiger partial charge in [0.15, 0.2) is 11.8 Å². The summed E-state index contributed by atoms with van der Waals surface area (Å²) in [7, 11) is 0. The van der Waals surface area contributed by atoms with Crippen LogP contribution in [0.3, 0.4) is 0 Å². The van der Waals surface area contributed by atoms with Gasteiger partial charge in [-0.1, -0.05) is 5.92 Å². The van der Waals surface area contributed by atoms with Gasteiger partial charge in [-0.25, -0.2) is 9.59 Å². The molecule has 1 fully saturated rings. The molecule has 0 amide bonds. The molecular formula is C13H17N3O6. The van der Waals surface area contributed by atoms with Crippen LogP contribution in [0.15, 0.2) is 15.9 Å². The van der Waals surface area contributed by atoms with Crippen LogP contribution in [-0.2, 0) is 4.74 Å². The lowest BCUT2D eigenvalue weighted by atomic mass is 9.84. The highest BCUT2D eigenvalue weighted by Gasteiger charge is 2.57. The fraction of sp³-hybridized carbons (Fsp3) is 0.615. The van der Waals surface area contributed by atoms with Crippen molar-refractivity contribution in [3.8, 4) is 11.8 Å². The van der Waals surface area contributed by atoms with Gasteiger partial charge < -0.3 is 20.1 Å². The molecule has 1 aliphatic rings. The third-order valence-electron chi connectivity index (χ3n) is 3.62. The normalized spacial score (nSPS) is 32.3. The van der Waals surface area contributed by atoms with Crippen LogP contribution in [0.25, 0.3) is 0 Å². The number of aliphatic hydroxyl groups excluding tert-OH is 2. The minimum atomic E-state index is -1.92. The molecule has 0 spiro atoms. The highest BCUT2D eigenvalue weighted by atomic mass is 16.6. The standard InChI is InChI=1S/C13H17N3O6/c1-3-4-13(21)8(5-17)9(7(2)18)22-10(13)16-6-14-11(19)15-12(16)20/h6-10,17-18,21H,5H2,1-2H3,(H,15,19,20)/t7-,8?,9+,10+,13?/m0/s1. The van der Waals surface area contributed by atoms with E-state index in [1.807, 2.05) is 4.98 Å². The van der Waals surface area contributed by atoms with Crippen LogP contribution >= 0.6 is 0 Å². The van der Waals surface area contributed by atoms with E-state index in [0.717, 1.165) is 10.9 Å². The molecule has 0 radical (unpaired) electrons. The maximum atomic E-state index is 11.9. The van der Waals surface area contributed by atoms with Crippen LogP contribution in [0.5, 0.6) is 0 Å². The number of nitrogens with zero attached hydrogens (tertiary/aromatic N) is 2. The van der Waals surface area contributed by atoms with Crippen molar-refractivity contribution in [3.63, 3.8) is 0 Å². The van der Waals surface area contributed by atoms with E-state index in [1.54, 1.807) is 0 Å². The third-order valence-corrected chi connectivity index (χ3v) is 3.62. The molecule has 0 aliphatic carbocycles. The Morgan fingerprint density at radius 1 is 1.59 bits per heavy atom. The van der Waals surface area contributed by atoms with E-state index < -0.39 is 47.9 Å². The Hall–Kier alpha value is -1.99. The molecule has 9 heteroatoms. The van der Waals surface area contributed by atoms with Crippen molar-refractivity contribution < 1.29 is 20.1 Å². The zero-order chi connectivity index (χ0) is 16.5. The first kappa shape index (κ1) is 16.4. The van der Waals surface area contributed by atoms with E-state index in [-0.39, 0.29) is 0 Å². The van der Waals surface area contributed by atoms with Gasteiger partial charge in [-0.05, 0) is 13.8 Å². The van der Waals surface area contributed by atoms with E-state index in [4.69, 9.17) is 4.74 Å². The van der Waals surface area contributed by atoms with Gasteiger partial charge in [0.25, 0.3) is 0 Å². The Morgan fingerprint density at radius 2 is 2.27 bits per heavy atom.